The van der Waals surface area contributed by atoms with Crippen molar-refractivity contribution in [1.29, 1.82) is 0 Å². The second-order valence-electron chi connectivity index (χ2n) is 3.39. The van der Waals surface area contributed by atoms with Crippen LogP contribution in [0.5, 0.6) is 0 Å². The van der Waals surface area contributed by atoms with Gasteiger partial charge in [0, 0.05) is 12.1 Å². The number of nitrogen functional groups attached to an aromatic ring is 2. The van der Waals surface area contributed by atoms with Crippen molar-refractivity contribution < 1.29 is 8.78 Å². The predicted octanol–water partition coefficient (Wildman–Crippen LogP) is 1.37. The molecule has 6 N–H and O–H groups in total. The molecule has 1 heterocycles. The highest BCUT2D eigenvalue weighted by Crippen LogP contribution is 2.21. The zero-order valence-electron chi connectivity index (χ0n) is 9.11. The molecule has 2 aromatic rings. The average molecular weight is 252 g/mol. The summed E-state index contributed by atoms with van der Waals surface area (Å²) in [6, 6.07) is 4.56. The van der Waals surface area contributed by atoms with Gasteiger partial charge < -0.3 is 16.5 Å². The lowest BCUT2D eigenvalue weighted by molar-refractivity contribution is 0.586. The van der Waals surface area contributed by atoms with E-state index in [1.807, 2.05) is 0 Å². The molecular formula is C10H10F2N6. The van der Waals surface area contributed by atoms with Gasteiger partial charge in [0.05, 0.1) is 5.69 Å². The number of aromatic nitrogens is 2. The highest BCUT2D eigenvalue weighted by Gasteiger charge is 2.06. The molecule has 1 aromatic carbocycles. The summed E-state index contributed by atoms with van der Waals surface area (Å²) in [4.78, 5) is 7.61. The summed E-state index contributed by atoms with van der Waals surface area (Å²) < 4.78 is 26.1. The van der Waals surface area contributed by atoms with Crippen molar-refractivity contribution in [3.05, 3.63) is 35.9 Å². The van der Waals surface area contributed by atoms with E-state index in [0.29, 0.717) is 0 Å². The molecule has 0 aliphatic heterocycles. The summed E-state index contributed by atoms with van der Waals surface area (Å²) in [5.41, 5.74) is 7.80. The van der Waals surface area contributed by atoms with Crippen LogP contribution in [0.4, 0.5) is 32.1 Å². The van der Waals surface area contributed by atoms with Crippen molar-refractivity contribution in [1.82, 2.24) is 9.97 Å². The lowest BCUT2D eigenvalue weighted by Crippen LogP contribution is -2.11. The standard InChI is InChI=1S/C10H10F2N6/c11-5-1-2-7(6(12)3-5)15-8-4-9(18-14)17-10(13)16-8/h1-4H,14H2,(H4,13,15,16,17,18). The lowest BCUT2D eigenvalue weighted by atomic mass is 10.3. The van der Waals surface area contributed by atoms with Crippen molar-refractivity contribution in [2.24, 2.45) is 5.84 Å². The average Bonchev–Trinajstić information content (AvgIpc) is 2.32. The summed E-state index contributed by atoms with van der Waals surface area (Å²) in [7, 11) is 0. The van der Waals surface area contributed by atoms with E-state index >= 15 is 0 Å². The zero-order chi connectivity index (χ0) is 13.1. The minimum absolute atomic E-state index is 0.0320. The zero-order valence-corrected chi connectivity index (χ0v) is 9.11. The third-order valence-electron chi connectivity index (χ3n) is 2.09. The van der Waals surface area contributed by atoms with E-state index in [-0.39, 0.29) is 23.3 Å². The van der Waals surface area contributed by atoms with Gasteiger partial charge in [0.15, 0.2) is 0 Å². The highest BCUT2D eigenvalue weighted by molar-refractivity contribution is 5.60. The van der Waals surface area contributed by atoms with Crippen LogP contribution in [-0.2, 0) is 0 Å². The highest BCUT2D eigenvalue weighted by atomic mass is 19.1. The first-order valence-corrected chi connectivity index (χ1v) is 4.92. The van der Waals surface area contributed by atoms with Crippen molar-refractivity contribution >= 4 is 23.3 Å². The summed E-state index contributed by atoms with van der Waals surface area (Å²) in [6.07, 6.45) is 0. The number of hydrogen-bond donors (Lipinski definition) is 4. The van der Waals surface area contributed by atoms with Crippen LogP contribution in [0.25, 0.3) is 0 Å². The fourth-order valence-electron chi connectivity index (χ4n) is 1.33. The Morgan fingerprint density at radius 3 is 2.44 bits per heavy atom. The largest absolute Gasteiger partial charge is 0.368 e. The van der Waals surface area contributed by atoms with Gasteiger partial charge in [0.1, 0.15) is 23.3 Å². The van der Waals surface area contributed by atoms with Gasteiger partial charge in [-0.05, 0) is 12.1 Å². The second kappa shape index (κ2) is 4.80. The Bertz CT molecular complexity index is 574. The van der Waals surface area contributed by atoms with Crippen molar-refractivity contribution in [2.75, 3.05) is 16.5 Å². The summed E-state index contributed by atoms with van der Waals surface area (Å²) >= 11 is 0. The Labute approximate surface area is 101 Å². The Morgan fingerprint density at radius 2 is 1.78 bits per heavy atom. The number of rotatable bonds is 3. The molecule has 0 atom stereocenters. The monoisotopic (exact) mass is 252 g/mol. The summed E-state index contributed by atoms with van der Waals surface area (Å²) in [5, 5.41) is 2.65. The van der Waals surface area contributed by atoms with Gasteiger partial charge in [-0.15, -0.1) is 0 Å². The maximum absolute atomic E-state index is 13.4. The topological polar surface area (TPSA) is 102 Å². The fourth-order valence-corrected chi connectivity index (χ4v) is 1.33. The van der Waals surface area contributed by atoms with Crippen LogP contribution in [0.2, 0.25) is 0 Å². The molecule has 18 heavy (non-hydrogen) atoms. The van der Waals surface area contributed by atoms with Gasteiger partial charge in [-0.1, -0.05) is 0 Å². The van der Waals surface area contributed by atoms with Gasteiger partial charge in [-0.25, -0.2) is 14.6 Å². The van der Waals surface area contributed by atoms with E-state index in [1.165, 1.54) is 12.1 Å². The van der Waals surface area contributed by atoms with Crippen LogP contribution in [0.1, 0.15) is 0 Å². The number of halogens is 2. The Hall–Kier alpha value is -2.48. The molecule has 2 rings (SSSR count). The van der Waals surface area contributed by atoms with Gasteiger partial charge in [-0.2, -0.15) is 9.97 Å². The van der Waals surface area contributed by atoms with Gasteiger partial charge in [0.25, 0.3) is 0 Å². The molecule has 0 aliphatic rings. The van der Waals surface area contributed by atoms with E-state index in [1.54, 1.807) is 0 Å². The molecule has 1 aromatic heterocycles. The number of anilines is 4. The smallest absolute Gasteiger partial charge is 0.223 e. The van der Waals surface area contributed by atoms with Gasteiger partial charge in [0.2, 0.25) is 5.95 Å². The van der Waals surface area contributed by atoms with E-state index in [0.717, 1.165) is 12.1 Å². The molecule has 0 bridgehead atoms. The van der Waals surface area contributed by atoms with Crippen LogP contribution in [-0.4, -0.2) is 9.97 Å². The third kappa shape index (κ3) is 2.61. The molecule has 0 unspecified atom stereocenters. The van der Waals surface area contributed by atoms with Crippen LogP contribution < -0.4 is 22.3 Å². The molecule has 0 radical (unpaired) electrons. The van der Waals surface area contributed by atoms with E-state index < -0.39 is 11.6 Å². The number of nitrogens with two attached hydrogens (primary N) is 2. The van der Waals surface area contributed by atoms with Crippen LogP contribution in [0.15, 0.2) is 24.3 Å². The van der Waals surface area contributed by atoms with Crippen molar-refractivity contribution in [3.63, 3.8) is 0 Å². The number of benzene rings is 1. The quantitative estimate of drug-likeness (QED) is 0.486. The number of hydrogen-bond acceptors (Lipinski definition) is 6. The number of nitrogens with zero attached hydrogens (tertiary/aromatic N) is 2. The van der Waals surface area contributed by atoms with Crippen LogP contribution in [0.3, 0.4) is 0 Å². The minimum atomic E-state index is -0.741. The normalized spacial score (nSPS) is 10.2. The third-order valence-corrected chi connectivity index (χ3v) is 2.09. The first-order chi connectivity index (χ1) is 8.58. The minimum Gasteiger partial charge on any atom is -0.368 e. The van der Waals surface area contributed by atoms with Gasteiger partial charge in [-0.3, -0.25) is 0 Å². The molecular weight excluding hydrogens is 242 g/mol. The summed E-state index contributed by atoms with van der Waals surface area (Å²) in [6.45, 7) is 0. The van der Waals surface area contributed by atoms with E-state index in [2.05, 4.69) is 20.7 Å². The van der Waals surface area contributed by atoms with E-state index in [9.17, 15) is 8.78 Å². The first-order valence-electron chi connectivity index (χ1n) is 4.92. The maximum Gasteiger partial charge on any atom is 0.223 e. The number of nitrogens with one attached hydrogen (secondary N) is 2. The Morgan fingerprint density at radius 1 is 1.06 bits per heavy atom. The predicted molar refractivity (Wildman–Crippen MR) is 63.9 cm³/mol. The lowest BCUT2D eigenvalue weighted by Gasteiger charge is -2.08. The first kappa shape index (κ1) is 12.0. The molecule has 0 amide bonds. The molecule has 0 aliphatic carbocycles. The van der Waals surface area contributed by atoms with Crippen LogP contribution >= 0.6 is 0 Å². The molecule has 6 nitrogen and oxygen atoms in total. The fraction of sp³-hybridized carbons (Fsp3) is 0. The molecule has 0 saturated carbocycles. The van der Waals surface area contributed by atoms with Crippen LogP contribution in [0, 0.1) is 11.6 Å². The summed E-state index contributed by atoms with van der Waals surface area (Å²) in [5.74, 6) is 4.26. The molecule has 0 fully saturated rings. The Balaban J connectivity index is 2.30. The van der Waals surface area contributed by atoms with E-state index in [4.69, 9.17) is 11.6 Å². The molecule has 0 spiro atoms. The number of hydrazine groups is 1. The maximum atomic E-state index is 13.4. The SMILES string of the molecule is NNc1cc(Nc2ccc(F)cc2F)nc(N)n1. The van der Waals surface area contributed by atoms with Crippen molar-refractivity contribution in [3.8, 4) is 0 Å². The second-order valence-corrected chi connectivity index (χ2v) is 3.39. The molecule has 0 saturated heterocycles. The van der Waals surface area contributed by atoms with Gasteiger partial charge >= 0.3 is 0 Å². The molecule has 94 valence electrons. The molecule has 8 heteroatoms. The van der Waals surface area contributed by atoms with Crippen molar-refractivity contribution in [2.45, 2.75) is 0 Å². The Kier molecular flexibility index (Phi) is 3.20.